The van der Waals surface area contributed by atoms with Crippen LogP contribution in [-0.4, -0.2) is 18.4 Å². The van der Waals surface area contributed by atoms with Crippen LogP contribution in [0.2, 0.25) is 10.0 Å². The Balaban J connectivity index is 1.76. The summed E-state index contributed by atoms with van der Waals surface area (Å²) >= 11 is 13.5. The number of amides is 2. The average Bonchev–Trinajstić information content (AvgIpc) is 3.32. The molecule has 1 N–H and O–H groups in total. The quantitative estimate of drug-likeness (QED) is 0.470. The van der Waals surface area contributed by atoms with Crippen molar-refractivity contribution in [3.8, 4) is 5.75 Å². The number of imide groups is 1. The van der Waals surface area contributed by atoms with Gasteiger partial charge in [-0.1, -0.05) is 35.3 Å². The normalized spacial score (nSPS) is 13.9. The molecule has 1 aliphatic rings. The van der Waals surface area contributed by atoms with Gasteiger partial charge in [-0.25, -0.2) is 4.90 Å². The molecule has 0 unspecified atom stereocenters. The lowest BCUT2D eigenvalue weighted by Crippen LogP contribution is -2.32. The van der Waals surface area contributed by atoms with Crippen LogP contribution in [0.25, 0.3) is 5.57 Å². The molecule has 152 valence electrons. The zero-order valence-corrected chi connectivity index (χ0v) is 18.1. The van der Waals surface area contributed by atoms with Crippen LogP contribution in [0, 0.1) is 0 Å². The summed E-state index contributed by atoms with van der Waals surface area (Å²) < 4.78 is 5.53. The van der Waals surface area contributed by atoms with Gasteiger partial charge in [0.15, 0.2) is 0 Å². The van der Waals surface area contributed by atoms with E-state index in [9.17, 15) is 9.59 Å². The molecule has 0 saturated heterocycles. The highest BCUT2D eigenvalue weighted by Crippen LogP contribution is 2.37. The van der Waals surface area contributed by atoms with Gasteiger partial charge in [0.2, 0.25) is 0 Å². The lowest BCUT2D eigenvalue weighted by atomic mass is 10.2. The molecule has 1 aromatic heterocycles. The van der Waals surface area contributed by atoms with E-state index in [0.717, 1.165) is 4.90 Å². The molecule has 1 aliphatic heterocycles. The first-order chi connectivity index (χ1) is 14.5. The van der Waals surface area contributed by atoms with E-state index >= 15 is 0 Å². The van der Waals surface area contributed by atoms with Crippen molar-refractivity contribution in [2.75, 3.05) is 16.8 Å². The number of benzene rings is 2. The number of ether oxygens (including phenoxy) is 1. The van der Waals surface area contributed by atoms with Crippen LogP contribution < -0.4 is 15.0 Å². The van der Waals surface area contributed by atoms with Crippen molar-refractivity contribution in [2.45, 2.75) is 6.92 Å². The third-order valence-corrected chi connectivity index (χ3v) is 6.05. The molecule has 0 radical (unpaired) electrons. The van der Waals surface area contributed by atoms with Crippen molar-refractivity contribution in [1.82, 2.24) is 0 Å². The van der Waals surface area contributed by atoms with E-state index in [1.54, 1.807) is 24.3 Å². The summed E-state index contributed by atoms with van der Waals surface area (Å²) in [6.07, 6.45) is 0. The number of anilines is 2. The Labute approximate surface area is 187 Å². The van der Waals surface area contributed by atoms with Gasteiger partial charge in [0.05, 0.1) is 27.9 Å². The summed E-state index contributed by atoms with van der Waals surface area (Å²) in [6.45, 7) is 2.42. The molecule has 0 atom stereocenters. The van der Waals surface area contributed by atoms with Crippen LogP contribution in [0.3, 0.4) is 0 Å². The molecule has 0 fully saturated rings. The molecular weight excluding hydrogens is 443 g/mol. The van der Waals surface area contributed by atoms with Crippen LogP contribution in [0.1, 0.15) is 11.8 Å². The van der Waals surface area contributed by atoms with E-state index in [0.29, 0.717) is 39.2 Å². The predicted octanol–water partition coefficient (Wildman–Crippen LogP) is 5.85. The van der Waals surface area contributed by atoms with Gasteiger partial charge < -0.3 is 10.1 Å². The van der Waals surface area contributed by atoms with E-state index in [1.807, 2.05) is 36.6 Å². The Morgan fingerprint density at radius 3 is 2.53 bits per heavy atom. The second-order valence-corrected chi connectivity index (χ2v) is 8.12. The minimum absolute atomic E-state index is 0.196. The number of hydrogen-bond donors (Lipinski definition) is 1. The molecule has 3 aromatic rings. The maximum absolute atomic E-state index is 13.3. The first kappa shape index (κ1) is 20.5. The van der Waals surface area contributed by atoms with Crippen molar-refractivity contribution >= 4 is 63.3 Å². The number of carbonyl (C=O) groups is 2. The number of carbonyl (C=O) groups excluding carboxylic acids is 2. The summed E-state index contributed by atoms with van der Waals surface area (Å²) in [7, 11) is 0. The zero-order chi connectivity index (χ0) is 21.3. The van der Waals surface area contributed by atoms with Gasteiger partial charge in [-0.3, -0.25) is 9.59 Å². The Bertz CT molecular complexity index is 1160. The number of halogens is 2. The summed E-state index contributed by atoms with van der Waals surface area (Å²) in [5.41, 5.74) is 1.50. The lowest BCUT2D eigenvalue weighted by Gasteiger charge is -2.16. The smallest absolute Gasteiger partial charge is 0.282 e. The number of nitrogens with one attached hydrogen (secondary N) is 1. The van der Waals surface area contributed by atoms with Crippen molar-refractivity contribution in [1.29, 1.82) is 0 Å². The first-order valence-corrected chi connectivity index (χ1v) is 10.7. The Morgan fingerprint density at radius 1 is 1.00 bits per heavy atom. The highest BCUT2D eigenvalue weighted by Gasteiger charge is 2.40. The highest BCUT2D eigenvalue weighted by atomic mass is 35.5. The van der Waals surface area contributed by atoms with Gasteiger partial charge in [0.25, 0.3) is 11.8 Å². The van der Waals surface area contributed by atoms with Crippen molar-refractivity contribution < 1.29 is 14.3 Å². The molecular formula is C22H16Cl2N2O3S. The first-order valence-electron chi connectivity index (χ1n) is 9.11. The molecule has 0 bridgehead atoms. The third kappa shape index (κ3) is 3.81. The van der Waals surface area contributed by atoms with Gasteiger partial charge in [0.1, 0.15) is 11.4 Å². The summed E-state index contributed by atoms with van der Waals surface area (Å²) in [5.74, 6) is -0.230. The predicted molar refractivity (Wildman–Crippen MR) is 121 cm³/mol. The summed E-state index contributed by atoms with van der Waals surface area (Å²) in [4.78, 5) is 28.4. The number of hydrogen-bond acceptors (Lipinski definition) is 5. The van der Waals surface area contributed by atoms with Gasteiger partial charge in [-0.2, -0.15) is 0 Å². The van der Waals surface area contributed by atoms with Crippen LogP contribution in [0.4, 0.5) is 11.4 Å². The molecule has 2 aromatic carbocycles. The van der Waals surface area contributed by atoms with Crippen LogP contribution in [0.5, 0.6) is 5.75 Å². The van der Waals surface area contributed by atoms with Gasteiger partial charge in [0, 0.05) is 16.6 Å². The van der Waals surface area contributed by atoms with Crippen LogP contribution in [0.15, 0.2) is 65.7 Å². The van der Waals surface area contributed by atoms with Crippen molar-refractivity contribution in [3.05, 3.63) is 80.6 Å². The molecule has 2 amide bonds. The largest absolute Gasteiger partial charge is 0.494 e. The maximum Gasteiger partial charge on any atom is 0.282 e. The molecule has 30 heavy (non-hydrogen) atoms. The lowest BCUT2D eigenvalue weighted by molar-refractivity contribution is -0.120. The highest BCUT2D eigenvalue weighted by molar-refractivity contribution is 7.11. The standard InChI is InChI=1S/C22H16Cl2N2O3S/c1-2-29-15-6-3-5-13(11-15)25-20-19(18-7-4-10-30-18)21(27)26(22(20)28)14-8-9-16(23)17(24)12-14/h3-12,25H,2H2,1H3. The second kappa shape index (κ2) is 8.52. The number of thiophene rings is 1. The minimum atomic E-state index is -0.469. The van der Waals surface area contributed by atoms with E-state index in [-0.39, 0.29) is 10.7 Å². The molecule has 2 heterocycles. The molecule has 5 nitrogen and oxygen atoms in total. The third-order valence-electron chi connectivity index (χ3n) is 4.43. The van der Waals surface area contributed by atoms with E-state index in [4.69, 9.17) is 27.9 Å². The SMILES string of the molecule is CCOc1cccc(NC2=C(c3cccs3)C(=O)N(c3ccc(Cl)c(Cl)c3)C2=O)c1. The van der Waals surface area contributed by atoms with E-state index < -0.39 is 11.8 Å². The maximum atomic E-state index is 13.3. The zero-order valence-electron chi connectivity index (χ0n) is 15.8. The fraction of sp³-hybridized carbons (Fsp3) is 0.0909. The molecule has 8 heteroatoms. The van der Waals surface area contributed by atoms with E-state index in [2.05, 4.69) is 5.32 Å². The molecule has 0 saturated carbocycles. The second-order valence-electron chi connectivity index (χ2n) is 6.36. The topological polar surface area (TPSA) is 58.6 Å². The van der Waals surface area contributed by atoms with Crippen LogP contribution in [-0.2, 0) is 9.59 Å². The minimum Gasteiger partial charge on any atom is -0.494 e. The fourth-order valence-corrected chi connectivity index (χ4v) is 4.19. The monoisotopic (exact) mass is 458 g/mol. The van der Waals surface area contributed by atoms with Gasteiger partial charge in [-0.05, 0) is 48.7 Å². The Hall–Kier alpha value is -2.80. The van der Waals surface area contributed by atoms with Gasteiger partial charge >= 0.3 is 0 Å². The summed E-state index contributed by atoms with van der Waals surface area (Å²) in [6, 6.07) is 15.5. The van der Waals surface area contributed by atoms with Crippen molar-refractivity contribution in [2.24, 2.45) is 0 Å². The number of rotatable bonds is 6. The Kier molecular flexibility index (Phi) is 5.81. The van der Waals surface area contributed by atoms with Crippen molar-refractivity contribution in [3.63, 3.8) is 0 Å². The van der Waals surface area contributed by atoms with Crippen LogP contribution >= 0.6 is 34.5 Å². The Morgan fingerprint density at radius 2 is 1.83 bits per heavy atom. The summed E-state index contributed by atoms with van der Waals surface area (Å²) in [5, 5.41) is 5.58. The molecule has 0 aliphatic carbocycles. The number of nitrogens with zero attached hydrogens (tertiary/aromatic N) is 1. The van der Waals surface area contributed by atoms with Gasteiger partial charge in [-0.15, -0.1) is 11.3 Å². The van der Waals surface area contributed by atoms with E-state index in [1.165, 1.54) is 17.4 Å². The molecule has 0 spiro atoms. The molecule has 4 rings (SSSR count). The fourth-order valence-electron chi connectivity index (χ4n) is 3.13. The average molecular weight is 459 g/mol.